The molecule has 0 N–H and O–H groups in total. The lowest BCUT2D eigenvalue weighted by Gasteiger charge is -2.13. The summed E-state index contributed by atoms with van der Waals surface area (Å²) in [6, 6.07) is 10.2. The molecule has 16 heavy (non-hydrogen) atoms. The Balaban J connectivity index is 2.32. The molecule has 0 heterocycles. The van der Waals surface area contributed by atoms with Gasteiger partial charge in [-0.3, -0.25) is 4.79 Å². The highest BCUT2D eigenvalue weighted by molar-refractivity contribution is 5.93. The van der Waals surface area contributed by atoms with Crippen LogP contribution in [0.3, 0.4) is 0 Å². The molecule has 1 nitrogen and oxygen atoms in total. The first kappa shape index (κ1) is 9.34. The highest BCUT2D eigenvalue weighted by Crippen LogP contribution is 2.28. The maximum atomic E-state index is 10.7. The van der Waals surface area contributed by atoms with Gasteiger partial charge < -0.3 is 0 Å². The van der Waals surface area contributed by atoms with Crippen molar-refractivity contribution >= 4 is 23.1 Å². The standard InChI is InChI=1S/C15H12O/c16-10-11-5-8-15-13(9-11)7-6-12-3-1-2-4-14(12)15/h1,3,5-10H,2,4H2. The van der Waals surface area contributed by atoms with E-state index in [1.54, 1.807) is 0 Å². The van der Waals surface area contributed by atoms with E-state index in [1.165, 1.54) is 21.9 Å². The molecule has 2 aromatic carbocycles. The van der Waals surface area contributed by atoms with Gasteiger partial charge in [0.05, 0.1) is 0 Å². The number of aryl methyl sites for hydroxylation is 1. The number of benzene rings is 2. The summed E-state index contributed by atoms with van der Waals surface area (Å²) in [6.07, 6.45) is 7.52. The highest BCUT2D eigenvalue weighted by atomic mass is 16.1. The first-order valence-electron chi connectivity index (χ1n) is 5.56. The second kappa shape index (κ2) is 3.60. The van der Waals surface area contributed by atoms with Crippen LogP contribution >= 0.6 is 0 Å². The van der Waals surface area contributed by atoms with Crippen molar-refractivity contribution in [1.29, 1.82) is 0 Å². The molecule has 1 heteroatoms. The lowest BCUT2D eigenvalue weighted by atomic mass is 9.91. The first-order chi connectivity index (χ1) is 7.88. The van der Waals surface area contributed by atoms with Gasteiger partial charge >= 0.3 is 0 Å². The zero-order valence-electron chi connectivity index (χ0n) is 8.94. The predicted molar refractivity (Wildman–Crippen MR) is 66.7 cm³/mol. The van der Waals surface area contributed by atoms with Gasteiger partial charge in [-0.2, -0.15) is 0 Å². The molecule has 78 valence electrons. The largest absolute Gasteiger partial charge is 0.298 e. The summed E-state index contributed by atoms with van der Waals surface area (Å²) < 4.78 is 0. The van der Waals surface area contributed by atoms with Crippen molar-refractivity contribution in [2.75, 3.05) is 0 Å². The molecular weight excluding hydrogens is 196 g/mol. The fraction of sp³-hybridized carbons (Fsp3) is 0.133. The van der Waals surface area contributed by atoms with E-state index in [0.717, 1.165) is 24.7 Å². The number of hydrogen-bond donors (Lipinski definition) is 0. The summed E-state index contributed by atoms with van der Waals surface area (Å²) in [7, 11) is 0. The summed E-state index contributed by atoms with van der Waals surface area (Å²) in [6.45, 7) is 0. The molecule has 0 spiro atoms. The number of carbonyl (C=O) groups is 1. The predicted octanol–water partition coefficient (Wildman–Crippen LogP) is 3.61. The van der Waals surface area contributed by atoms with Crippen LogP contribution in [0.1, 0.15) is 27.9 Å². The Morgan fingerprint density at radius 1 is 1.12 bits per heavy atom. The zero-order chi connectivity index (χ0) is 11.0. The van der Waals surface area contributed by atoms with Crippen LogP contribution in [-0.2, 0) is 6.42 Å². The maximum Gasteiger partial charge on any atom is 0.150 e. The summed E-state index contributed by atoms with van der Waals surface area (Å²) >= 11 is 0. The second-order valence-electron chi connectivity index (χ2n) is 4.17. The van der Waals surface area contributed by atoms with E-state index < -0.39 is 0 Å². The topological polar surface area (TPSA) is 17.1 Å². The molecule has 0 fully saturated rings. The van der Waals surface area contributed by atoms with E-state index in [1.807, 2.05) is 12.1 Å². The molecule has 0 radical (unpaired) electrons. The van der Waals surface area contributed by atoms with Gasteiger partial charge in [0, 0.05) is 5.56 Å². The van der Waals surface area contributed by atoms with E-state index in [-0.39, 0.29) is 0 Å². The number of carbonyl (C=O) groups excluding carboxylic acids is 1. The second-order valence-corrected chi connectivity index (χ2v) is 4.17. The van der Waals surface area contributed by atoms with Crippen molar-refractivity contribution in [1.82, 2.24) is 0 Å². The molecule has 3 rings (SSSR count). The number of rotatable bonds is 1. The van der Waals surface area contributed by atoms with Crippen LogP contribution in [0.5, 0.6) is 0 Å². The summed E-state index contributed by atoms with van der Waals surface area (Å²) in [4.78, 5) is 10.7. The Hall–Kier alpha value is -1.89. The summed E-state index contributed by atoms with van der Waals surface area (Å²) in [5.41, 5.74) is 3.48. The van der Waals surface area contributed by atoms with Gasteiger partial charge in [0.15, 0.2) is 0 Å². The maximum absolute atomic E-state index is 10.7. The van der Waals surface area contributed by atoms with Gasteiger partial charge in [0.1, 0.15) is 6.29 Å². The zero-order valence-corrected chi connectivity index (χ0v) is 8.94. The molecule has 1 aliphatic rings. The van der Waals surface area contributed by atoms with Gasteiger partial charge in [-0.1, -0.05) is 36.4 Å². The minimum absolute atomic E-state index is 0.749. The smallest absolute Gasteiger partial charge is 0.150 e. The van der Waals surface area contributed by atoms with Crippen LogP contribution in [0.15, 0.2) is 36.4 Å². The highest BCUT2D eigenvalue weighted by Gasteiger charge is 2.08. The molecule has 2 aromatic rings. The Morgan fingerprint density at radius 3 is 2.94 bits per heavy atom. The number of fused-ring (bicyclic) bond motifs is 3. The third kappa shape index (κ3) is 1.36. The normalized spacial score (nSPS) is 13.8. The Kier molecular flexibility index (Phi) is 2.10. The third-order valence-corrected chi connectivity index (χ3v) is 3.19. The minimum atomic E-state index is 0.749. The van der Waals surface area contributed by atoms with Crippen molar-refractivity contribution in [3.63, 3.8) is 0 Å². The number of hydrogen-bond acceptors (Lipinski definition) is 1. The van der Waals surface area contributed by atoms with Gasteiger partial charge in [-0.25, -0.2) is 0 Å². The van der Waals surface area contributed by atoms with Crippen molar-refractivity contribution < 1.29 is 4.79 Å². The van der Waals surface area contributed by atoms with E-state index in [2.05, 4.69) is 30.4 Å². The summed E-state index contributed by atoms with van der Waals surface area (Å²) in [5, 5.41) is 2.45. The van der Waals surface area contributed by atoms with Gasteiger partial charge in [0.2, 0.25) is 0 Å². The van der Waals surface area contributed by atoms with Crippen LogP contribution in [-0.4, -0.2) is 6.29 Å². The molecule has 0 unspecified atom stereocenters. The average molecular weight is 208 g/mol. The molecular formula is C15H12O. The van der Waals surface area contributed by atoms with Crippen molar-refractivity contribution in [2.45, 2.75) is 12.8 Å². The molecule has 0 amide bonds. The fourth-order valence-corrected chi connectivity index (χ4v) is 2.38. The fourth-order valence-electron chi connectivity index (χ4n) is 2.38. The van der Waals surface area contributed by atoms with E-state index >= 15 is 0 Å². The Morgan fingerprint density at radius 2 is 2.06 bits per heavy atom. The Bertz CT molecular complexity index is 594. The van der Waals surface area contributed by atoms with Crippen molar-refractivity contribution in [2.24, 2.45) is 0 Å². The SMILES string of the molecule is O=Cc1ccc2c3c(ccc2c1)C=CCC3. The van der Waals surface area contributed by atoms with E-state index in [0.29, 0.717) is 0 Å². The molecule has 0 aliphatic heterocycles. The average Bonchev–Trinajstić information content (AvgIpc) is 2.38. The van der Waals surface area contributed by atoms with Crippen molar-refractivity contribution in [3.8, 4) is 0 Å². The molecule has 0 saturated carbocycles. The van der Waals surface area contributed by atoms with Crippen LogP contribution < -0.4 is 0 Å². The minimum Gasteiger partial charge on any atom is -0.298 e. The van der Waals surface area contributed by atoms with Gasteiger partial charge in [-0.15, -0.1) is 0 Å². The van der Waals surface area contributed by atoms with Crippen LogP contribution in [0.25, 0.3) is 16.8 Å². The molecule has 0 aromatic heterocycles. The quantitative estimate of drug-likeness (QED) is 0.654. The lowest BCUT2D eigenvalue weighted by Crippen LogP contribution is -1.95. The monoisotopic (exact) mass is 208 g/mol. The molecule has 0 saturated heterocycles. The van der Waals surface area contributed by atoms with Gasteiger partial charge in [0.25, 0.3) is 0 Å². The van der Waals surface area contributed by atoms with Crippen LogP contribution in [0, 0.1) is 0 Å². The molecule has 0 bridgehead atoms. The summed E-state index contributed by atoms with van der Waals surface area (Å²) in [5.74, 6) is 0. The molecule has 1 aliphatic carbocycles. The lowest BCUT2D eigenvalue weighted by molar-refractivity contribution is 0.112. The third-order valence-electron chi connectivity index (χ3n) is 3.19. The Labute approximate surface area is 94.4 Å². The van der Waals surface area contributed by atoms with Crippen molar-refractivity contribution in [3.05, 3.63) is 53.1 Å². The number of allylic oxidation sites excluding steroid dienone is 1. The van der Waals surface area contributed by atoms with E-state index in [4.69, 9.17) is 0 Å². The number of aldehydes is 1. The van der Waals surface area contributed by atoms with Crippen LogP contribution in [0.2, 0.25) is 0 Å². The first-order valence-corrected chi connectivity index (χ1v) is 5.56. The van der Waals surface area contributed by atoms with Crippen LogP contribution in [0.4, 0.5) is 0 Å². The molecule has 0 atom stereocenters. The van der Waals surface area contributed by atoms with E-state index in [9.17, 15) is 4.79 Å². The van der Waals surface area contributed by atoms with Gasteiger partial charge in [-0.05, 0) is 40.8 Å².